The summed E-state index contributed by atoms with van der Waals surface area (Å²) in [6.07, 6.45) is 0.966. The third-order valence-electron chi connectivity index (χ3n) is 5.28. The number of benzene rings is 2. The standard InChI is InChI=1S/C24H19FN6O2S/c25-22-16(15-3-1-2-14(10-15)6-9-26)4-5-17-23(22)34-21(30-17)12-19(29)33-18(28)11-20(32)31-24(13-27)7-8-24/h1-5,10,28-29H,6-8,11-12H2,(H,31,32). The van der Waals surface area contributed by atoms with Crippen molar-refractivity contribution in [1.82, 2.24) is 10.3 Å². The SMILES string of the molecule is N#CCc1cccc(-c2ccc3nc(CC(=N)OC(=N)CC(=O)NC4(C#N)CC4)sc3c2F)c1. The number of amides is 1. The third kappa shape index (κ3) is 5.08. The van der Waals surface area contributed by atoms with E-state index in [1.165, 1.54) is 0 Å². The molecule has 4 rings (SSSR count). The van der Waals surface area contributed by atoms with Gasteiger partial charge >= 0.3 is 0 Å². The van der Waals surface area contributed by atoms with E-state index in [-0.39, 0.29) is 25.2 Å². The second-order valence-electron chi connectivity index (χ2n) is 7.96. The minimum Gasteiger partial charge on any atom is -0.429 e. The number of rotatable bonds is 7. The van der Waals surface area contributed by atoms with Gasteiger partial charge in [0.2, 0.25) is 5.91 Å². The Balaban J connectivity index is 1.42. The van der Waals surface area contributed by atoms with Gasteiger partial charge in [-0.3, -0.25) is 15.6 Å². The van der Waals surface area contributed by atoms with Crippen LogP contribution in [-0.4, -0.2) is 28.2 Å². The highest BCUT2D eigenvalue weighted by Gasteiger charge is 2.44. The number of nitrogens with zero attached hydrogens (tertiary/aromatic N) is 3. The molecule has 1 aliphatic carbocycles. The van der Waals surface area contributed by atoms with Crippen LogP contribution in [0, 0.1) is 39.3 Å². The molecule has 10 heteroatoms. The largest absolute Gasteiger partial charge is 0.429 e. The van der Waals surface area contributed by atoms with Crippen LogP contribution >= 0.6 is 11.3 Å². The maximum absolute atomic E-state index is 15.3. The number of hydrogen-bond acceptors (Lipinski definition) is 8. The fourth-order valence-corrected chi connectivity index (χ4v) is 4.45. The van der Waals surface area contributed by atoms with Crippen LogP contribution in [0.5, 0.6) is 0 Å². The molecule has 1 amide bonds. The molecule has 1 aliphatic rings. The van der Waals surface area contributed by atoms with Crippen molar-refractivity contribution >= 4 is 39.3 Å². The number of carbonyl (C=O) groups is 1. The number of fused-ring (bicyclic) bond motifs is 1. The van der Waals surface area contributed by atoms with Crippen LogP contribution in [-0.2, 0) is 22.4 Å². The molecule has 1 saturated carbocycles. The van der Waals surface area contributed by atoms with Crippen LogP contribution < -0.4 is 5.32 Å². The molecule has 34 heavy (non-hydrogen) atoms. The molecular formula is C24H19FN6O2S. The van der Waals surface area contributed by atoms with Gasteiger partial charge in [-0.25, -0.2) is 9.37 Å². The molecular weight excluding hydrogens is 455 g/mol. The number of carbonyl (C=O) groups excluding carboxylic acids is 1. The van der Waals surface area contributed by atoms with Crippen molar-refractivity contribution in [3.8, 4) is 23.3 Å². The average Bonchev–Trinajstić information content (AvgIpc) is 3.43. The highest BCUT2D eigenvalue weighted by atomic mass is 32.1. The summed E-state index contributed by atoms with van der Waals surface area (Å²) in [5.41, 5.74) is 1.47. The van der Waals surface area contributed by atoms with Gasteiger partial charge in [0.05, 0.1) is 35.2 Å². The lowest BCUT2D eigenvalue weighted by molar-refractivity contribution is -0.120. The zero-order chi connectivity index (χ0) is 24.3. The molecule has 170 valence electrons. The first kappa shape index (κ1) is 23.0. The van der Waals surface area contributed by atoms with Gasteiger partial charge in [0.15, 0.2) is 11.8 Å². The second kappa shape index (κ2) is 9.38. The molecule has 2 aromatic carbocycles. The number of nitriles is 2. The fourth-order valence-electron chi connectivity index (χ4n) is 3.45. The lowest BCUT2D eigenvalue weighted by atomic mass is 10.0. The van der Waals surface area contributed by atoms with Gasteiger partial charge in [0, 0.05) is 5.56 Å². The van der Waals surface area contributed by atoms with Crippen LogP contribution in [0.2, 0.25) is 0 Å². The zero-order valence-corrected chi connectivity index (χ0v) is 18.8. The highest BCUT2D eigenvalue weighted by Crippen LogP contribution is 2.34. The van der Waals surface area contributed by atoms with E-state index in [0.717, 1.165) is 16.9 Å². The Hall–Kier alpha value is -4.15. The molecule has 0 saturated heterocycles. The highest BCUT2D eigenvalue weighted by molar-refractivity contribution is 7.18. The summed E-state index contributed by atoms with van der Waals surface area (Å²) >= 11 is 1.09. The molecule has 0 spiro atoms. The Kier molecular flexibility index (Phi) is 6.35. The van der Waals surface area contributed by atoms with Gasteiger partial charge in [0.1, 0.15) is 22.8 Å². The van der Waals surface area contributed by atoms with E-state index < -0.39 is 23.2 Å². The molecule has 1 fully saturated rings. The van der Waals surface area contributed by atoms with E-state index in [2.05, 4.69) is 16.4 Å². The second-order valence-corrected chi connectivity index (χ2v) is 9.05. The van der Waals surface area contributed by atoms with Crippen LogP contribution in [0.25, 0.3) is 21.3 Å². The molecule has 1 aromatic heterocycles. The minimum absolute atomic E-state index is 0.0576. The summed E-state index contributed by atoms with van der Waals surface area (Å²) in [5, 5.41) is 36.7. The minimum atomic E-state index is -0.828. The monoisotopic (exact) mass is 474 g/mol. The Morgan fingerprint density at radius 3 is 2.74 bits per heavy atom. The third-order valence-corrected chi connectivity index (χ3v) is 6.35. The van der Waals surface area contributed by atoms with Crippen LogP contribution in [0.15, 0.2) is 36.4 Å². The van der Waals surface area contributed by atoms with Gasteiger partial charge < -0.3 is 10.1 Å². The van der Waals surface area contributed by atoms with Crippen LogP contribution in [0.3, 0.4) is 0 Å². The number of halogens is 1. The van der Waals surface area contributed by atoms with E-state index in [1.54, 1.807) is 30.3 Å². The Morgan fingerprint density at radius 2 is 2.03 bits per heavy atom. The van der Waals surface area contributed by atoms with Crippen molar-refractivity contribution in [1.29, 1.82) is 21.3 Å². The van der Waals surface area contributed by atoms with Crippen molar-refractivity contribution < 1.29 is 13.9 Å². The van der Waals surface area contributed by atoms with Gasteiger partial charge in [-0.1, -0.05) is 24.3 Å². The van der Waals surface area contributed by atoms with Crippen molar-refractivity contribution in [2.24, 2.45) is 0 Å². The zero-order valence-electron chi connectivity index (χ0n) is 17.9. The van der Waals surface area contributed by atoms with E-state index in [4.69, 9.17) is 26.1 Å². The van der Waals surface area contributed by atoms with Crippen LogP contribution in [0.4, 0.5) is 4.39 Å². The summed E-state index contributed by atoms with van der Waals surface area (Å²) < 4.78 is 20.7. The summed E-state index contributed by atoms with van der Waals surface area (Å²) in [5.74, 6) is -1.64. The molecule has 0 bridgehead atoms. The quantitative estimate of drug-likeness (QED) is 0.346. The first-order valence-corrected chi connectivity index (χ1v) is 11.2. The van der Waals surface area contributed by atoms with E-state index in [0.29, 0.717) is 39.2 Å². The smallest absolute Gasteiger partial charge is 0.230 e. The van der Waals surface area contributed by atoms with Gasteiger partial charge in [-0.05, 0) is 36.1 Å². The van der Waals surface area contributed by atoms with Crippen molar-refractivity contribution in [2.75, 3.05) is 0 Å². The molecule has 3 aromatic rings. The molecule has 0 radical (unpaired) electrons. The predicted octanol–water partition coefficient (Wildman–Crippen LogP) is 4.24. The predicted molar refractivity (Wildman–Crippen MR) is 125 cm³/mol. The maximum atomic E-state index is 15.3. The van der Waals surface area contributed by atoms with E-state index >= 15 is 4.39 Å². The first-order chi connectivity index (χ1) is 16.3. The summed E-state index contributed by atoms with van der Waals surface area (Å²) in [6, 6.07) is 14.6. The molecule has 8 nitrogen and oxygen atoms in total. The number of nitrogens with one attached hydrogen (secondary N) is 3. The topological polar surface area (TPSA) is 146 Å². The number of aromatic nitrogens is 1. The van der Waals surface area contributed by atoms with Crippen molar-refractivity contribution in [3.63, 3.8) is 0 Å². The molecule has 0 unspecified atom stereocenters. The molecule has 1 heterocycles. The molecule has 0 atom stereocenters. The molecule has 0 aliphatic heterocycles. The summed E-state index contributed by atoms with van der Waals surface area (Å²) in [7, 11) is 0. The summed E-state index contributed by atoms with van der Waals surface area (Å²) in [6.45, 7) is 0. The van der Waals surface area contributed by atoms with Gasteiger partial charge in [-0.2, -0.15) is 10.5 Å². The van der Waals surface area contributed by atoms with Crippen molar-refractivity contribution in [2.45, 2.75) is 37.6 Å². The van der Waals surface area contributed by atoms with E-state index in [9.17, 15) is 4.79 Å². The average molecular weight is 475 g/mol. The Bertz CT molecular complexity index is 1400. The first-order valence-electron chi connectivity index (χ1n) is 10.4. The van der Waals surface area contributed by atoms with Crippen LogP contribution in [0.1, 0.15) is 29.8 Å². The Labute approximate surface area is 198 Å². The lowest BCUT2D eigenvalue weighted by Crippen LogP contribution is -2.37. The fraction of sp³-hybridized carbons (Fsp3) is 0.250. The summed E-state index contributed by atoms with van der Waals surface area (Å²) in [4.78, 5) is 16.3. The van der Waals surface area contributed by atoms with E-state index in [1.807, 2.05) is 12.1 Å². The normalized spacial score (nSPS) is 13.5. The van der Waals surface area contributed by atoms with Gasteiger partial charge in [0.25, 0.3) is 0 Å². The number of ether oxygens (including phenoxy) is 1. The molecule has 3 N–H and O–H groups in total. The van der Waals surface area contributed by atoms with Gasteiger partial charge in [-0.15, -0.1) is 11.3 Å². The maximum Gasteiger partial charge on any atom is 0.230 e. The number of hydrogen-bond donors (Lipinski definition) is 3. The number of thiazole rings is 1. The van der Waals surface area contributed by atoms with Crippen molar-refractivity contribution in [3.05, 3.63) is 52.8 Å². The lowest BCUT2D eigenvalue weighted by Gasteiger charge is -2.10. The Morgan fingerprint density at radius 1 is 1.24 bits per heavy atom.